The van der Waals surface area contributed by atoms with E-state index in [4.69, 9.17) is 9.47 Å². The van der Waals surface area contributed by atoms with Gasteiger partial charge in [-0.2, -0.15) is 0 Å². The summed E-state index contributed by atoms with van der Waals surface area (Å²) in [7, 11) is -0.976. The first kappa shape index (κ1) is 18.2. The Kier molecular flexibility index (Phi) is 5.80. The summed E-state index contributed by atoms with van der Waals surface area (Å²) < 4.78 is 51.3. The van der Waals surface area contributed by atoms with Gasteiger partial charge in [-0.3, -0.25) is 0 Å². The van der Waals surface area contributed by atoms with Gasteiger partial charge in [0, 0.05) is 6.04 Å². The molecule has 24 heavy (non-hydrogen) atoms. The van der Waals surface area contributed by atoms with Crippen molar-refractivity contribution in [1.29, 1.82) is 0 Å². The summed E-state index contributed by atoms with van der Waals surface area (Å²) in [5.41, 5.74) is 0.802. The maximum absolute atomic E-state index is 13.8. The Morgan fingerprint density at radius 2 is 1.75 bits per heavy atom. The van der Waals surface area contributed by atoms with Crippen LogP contribution in [0.15, 0.2) is 47.4 Å². The second-order valence-corrected chi connectivity index (χ2v) is 6.87. The molecule has 0 amide bonds. The maximum Gasteiger partial charge on any atom is 0.241 e. The van der Waals surface area contributed by atoms with Gasteiger partial charge in [-0.1, -0.05) is 19.1 Å². The highest BCUT2D eigenvalue weighted by atomic mass is 32.2. The van der Waals surface area contributed by atoms with Crippen LogP contribution >= 0.6 is 0 Å². The molecule has 0 bridgehead atoms. The van der Waals surface area contributed by atoms with Gasteiger partial charge in [0.2, 0.25) is 10.0 Å². The van der Waals surface area contributed by atoms with Crippen LogP contribution in [0.1, 0.15) is 24.9 Å². The molecule has 1 N–H and O–H groups in total. The van der Waals surface area contributed by atoms with Gasteiger partial charge in [0.1, 0.15) is 5.75 Å². The summed E-state index contributed by atoms with van der Waals surface area (Å²) in [6, 6.07) is 10.2. The quantitative estimate of drug-likeness (QED) is 0.830. The minimum Gasteiger partial charge on any atom is -0.497 e. The molecule has 1 unspecified atom stereocenters. The lowest BCUT2D eigenvalue weighted by atomic mass is 10.1. The molecule has 130 valence electrons. The molecule has 0 heterocycles. The third-order valence-corrected chi connectivity index (χ3v) is 5.13. The third kappa shape index (κ3) is 4.04. The van der Waals surface area contributed by atoms with Gasteiger partial charge in [0.15, 0.2) is 11.6 Å². The van der Waals surface area contributed by atoms with Gasteiger partial charge in [-0.05, 0) is 42.3 Å². The molecule has 0 radical (unpaired) electrons. The Hall–Kier alpha value is -2.12. The number of benzene rings is 2. The van der Waals surface area contributed by atoms with Crippen molar-refractivity contribution in [2.45, 2.75) is 24.3 Å². The number of hydrogen-bond acceptors (Lipinski definition) is 4. The Labute approximate surface area is 141 Å². The Morgan fingerprint density at radius 3 is 2.25 bits per heavy atom. The molecular formula is C17H20FNO4S. The molecule has 7 heteroatoms. The second kappa shape index (κ2) is 7.63. The largest absolute Gasteiger partial charge is 0.497 e. The molecule has 2 aromatic rings. The lowest BCUT2D eigenvalue weighted by Gasteiger charge is -2.18. The van der Waals surface area contributed by atoms with E-state index in [0.29, 0.717) is 12.2 Å². The number of halogens is 1. The van der Waals surface area contributed by atoms with Crippen LogP contribution in [0.3, 0.4) is 0 Å². The highest BCUT2D eigenvalue weighted by molar-refractivity contribution is 7.89. The number of ether oxygens (including phenoxy) is 2. The van der Waals surface area contributed by atoms with Crippen molar-refractivity contribution in [1.82, 2.24) is 4.72 Å². The van der Waals surface area contributed by atoms with E-state index in [2.05, 4.69) is 4.72 Å². The van der Waals surface area contributed by atoms with Crippen LogP contribution in [-0.4, -0.2) is 22.6 Å². The number of sulfonamides is 1. The van der Waals surface area contributed by atoms with E-state index in [1.165, 1.54) is 19.2 Å². The summed E-state index contributed by atoms with van der Waals surface area (Å²) in [5.74, 6) is -0.0392. The van der Waals surface area contributed by atoms with Crippen LogP contribution in [-0.2, 0) is 10.0 Å². The van der Waals surface area contributed by atoms with Crippen LogP contribution in [0.25, 0.3) is 0 Å². The van der Waals surface area contributed by atoms with Crippen molar-refractivity contribution in [2.24, 2.45) is 0 Å². The molecule has 0 fully saturated rings. The van der Waals surface area contributed by atoms with E-state index in [1.54, 1.807) is 31.4 Å². The zero-order valence-corrected chi connectivity index (χ0v) is 14.6. The smallest absolute Gasteiger partial charge is 0.241 e. The Bertz CT molecular complexity index is 791. The van der Waals surface area contributed by atoms with Crippen molar-refractivity contribution in [3.05, 3.63) is 53.8 Å². The Balaban J connectivity index is 2.26. The monoisotopic (exact) mass is 353 g/mol. The normalized spacial score (nSPS) is 12.7. The predicted molar refractivity (Wildman–Crippen MR) is 89.3 cm³/mol. The zero-order chi connectivity index (χ0) is 17.7. The second-order valence-electron chi connectivity index (χ2n) is 5.15. The summed E-state index contributed by atoms with van der Waals surface area (Å²) in [5, 5.41) is 0. The molecule has 0 spiro atoms. The fourth-order valence-corrected chi connectivity index (χ4v) is 3.61. The fourth-order valence-electron chi connectivity index (χ4n) is 2.29. The number of hydrogen-bond donors (Lipinski definition) is 1. The highest BCUT2D eigenvalue weighted by Gasteiger charge is 2.21. The molecule has 5 nitrogen and oxygen atoms in total. The van der Waals surface area contributed by atoms with Crippen LogP contribution in [0.4, 0.5) is 4.39 Å². The van der Waals surface area contributed by atoms with Crippen LogP contribution < -0.4 is 14.2 Å². The van der Waals surface area contributed by atoms with Crippen LogP contribution in [0, 0.1) is 5.82 Å². The third-order valence-electron chi connectivity index (χ3n) is 3.66. The van der Waals surface area contributed by atoms with E-state index in [-0.39, 0.29) is 10.6 Å². The van der Waals surface area contributed by atoms with Crippen molar-refractivity contribution >= 4 is 10.0 Å². The number of methoxy groups -OCH3 is 2. The molecular weight excluding hydrogens is 333 g/mol. The molecule has 0 aliphatic heterocycles. The van der Waals surface area contributed by atoms with Gasteiger partial charge in [0.05, 0.1) is 19.1 Å². The average Bonchev–Trinajstić information content (AvgIpc) is 2.59. The van der Waals surface area contributed by atoms with Gasteiger partial charge >= 0.3 is 0 Å². The van der Waals surface area contributed by atoms with Crippen LogP contribution in [0.2, 0.25) is 0 Å². The number of nitrogens with one attached hydrogen (secondary N) is 1. The zero-order valence-electron chi connectivity index (χ0n) is 13.7. The molecule has 0 aliphatic rings. The first-order valence-electron chi connectivity index (χ1n) is 7.41. The highest BCUT2D eigenvalue weighted by Crippen LogP contribution is 2.25. The molecule has 1 atom stereocenters. The summed E-state index contributed by atoms with van der Waals surface area (Å²) >= 11 is 0. The van der Waals surface area contributed by atoms with Crippen molar-refractivity contribution in [3.63, 3.8) is 0 Å². The van der Waals surface area contributed by atoms with Gasteiger partial charge < -0.3 is 9.47 Å². The van der Waals surface area contributed by atoms with Crippen LogP contribution in [0.5, 0.6) is 11.5 Å². The van der Waals surface area contributed by atoms with Gasteiger partial charge in [-0.15, -0.1) is 0 Å². The molecule has 0 aliphatic carbocycles. The summed E-state index contributed by atoms with van der Waals surface area (Å²) in [6.07, 6.45) is 0.546. The minimum atomic E-state index is -3.86. The van der Waals surface area contributed by atoms with E-state index < -0.39 is 21.9 Å². The lowest BCUT2D eigenvalue weighted by molar-refractivity contribution is 0.385. The first-order valence-corrected chi connectivity index (χ1v) is 8.89. The summed E-state index contributed by atoms with van der Waals surface area (Å²) in [4.78, 5) is -0.146. The van der Waals surface area contributed by atoms with Crippen molar-refractivity contribution in [2.75, 3.05) is 14.2 Å². The van der Waals surface area contributed by atoms with E-state index in [9.17, 15) is 12.8 Å². The SMILES string of the molecule is CCC(NS(=O)(=O)c1ccc(OC)c(F)c1)c1ccc(OC)cc1. The van der Waals surface area contributed by atoms with E-state index in [0.717, 1.165) is 11.6 Å². The fraction of sp³-hybridized carbons (Fsp3) is 0.294. The molecule has 0 aromatic heterocycles. The van der Waals surface area contributed by atoms with Crippen molar-refractivity contribution in [3.8, 4) is 11.5 Å². The Morgan fingerprint density at radius 1 is 1.08 bits per heavy atom. The van der Waals surface area contributed by atoms with Crippen molar-refractivity contribution < 1.29 is 22.3 Å². The minimum absolute atomic E-state index is 0.00357. The molecule has 0 saturated carbocycles. The molecule has 2 rings (SSSR count). The molecule has 2 aromatic carbocycles. The maximum atomic E-state index is 13.8. The molecule has 0 saturated heterocycles. The first-order chi connectivity index (χ1) is 11.4. The van der Waals surface area contributed by atoms with E-state index >= 15 is 0 Å². The standard InChI is InChI=1S/C17H20FNO4S/c1-4-16(12-5-7-13(22-2)8-6-12)19-24(20,21)14-9-10-17(23-3)15(18)11-14/h5-11,16,19H,4H2,1-3H3. The topological polar surface area (TPSA) is 64.6 Å². The van der Waals surface area contributed by atoms with E-state index in [1.807, 2.05) is 6.92 Å². The number of rotatable bonds is 7. The lowest BCUT2D eigenvalue weighted by Crippen LogP contribution is -2.28. The predicted octanol–water partition coefficient (Wildman–Crippen LogP) is 3.27. The average molecular weight is 353 g/mol. The summed E-state index contributed by atoms with van der Waals surface area (Å²) in [6.45, 7) is 1.87. The van der Waals surface area contributed by atoms with Gasteiger partial charge in [-0.25, -0.2) is 17.5 Å². The van der Waals surface area contributed by atoms with Gasteiger partial charge in [0.25, 0.3) is 0 Å².